The first-order chi connectivity index (χ1) is 6.84. The molecule has 1 nitrogen and oxygen atoms in total. The minimum atomic E-state index is 1.09. The Bertz CT molecular complexity index is 292. The topological polar surface area (TPSA) is 3.24 Å². The average molecular weight is 187 g/mol. The van der Waals surface area contributed by atoms with E-state index in [4.69, 9.17) is 0 Å². The number of hydrogen-bond acceptors (Lipinski definition) is 1. The van der Waals surface area contributed by atoms with Crippen molar-refractivity contribution in [3.63, 3.8) is 0 Å². The quantitative estimate of drug-likeness (QED) is 0.643. The standard InChI is InChI=1S/C13H17N/c1-12-7-9-14(10-8-12)11-13-5-3-2-4-6-13/h2-6H,1,7-11H2. The van der Waals surface area contributed by atoms with Gasteiger partial charge < -0.3 is 0 Å². The van der Waals surface area contributed by atoms with Gasteiger partial charge in [0, 0.05) is 19.6 Å². The molecule has 0 saturated carbocycles. The van der Waals surface area contributed by atoms with Crippen molar-refractivity contribution in [3.05, 3.63) is 48.0 Å². The molecule has 0 radical (unpaired) electrons. The lowest BCUT2D eigenvalue weighted by Crippen LogP contribution is -2.29. The largest absolute Gasteiger partial charge is 0.298 e. The Morgan fingerprint density at radius 2 is 1.71 bits per heavy atom. The van der Waals surface area contributed by atoms with Crippen molar-refractivity contribution in [2.75, 3.05) is 13.1 Å². The van der Waals surface area contributed by atoms with Crippen LogP contribution in [0, 0.1) is 0 Å². The van der Waals surface area contributed by atoms with Gasteiger partial charge in [-0.15, -0.1) is 0 Å². The van der Waals surface area contributed by atoms with E-state index in [1.54, 1.807) is 0 Å². The van der Waals surface area contributed by atoms with Crippen LogP contribution in [0.1, 0.15) is 18.4 Å². The highest BCUT2D eigenvalue weighted by Crippen LogP contribution is 2.16. The fraction of sp³-hybridized carbons (Fsp3) is 0.385. The maximum Gasteiger partial charge on any atom is 0.0233 e. The fourth-order valence-electron chi connectivity index (χ4n) is 1.87. The molecule has 1 saturated heterocycles. The van der Waals surface area contributed by atoms with Crippen molar-refractivity contribution in [1.29, 1.82) is 0 Å². The molecule has 1 heterocycles. The second kappa shape index (κ2) is 4.43. The Morgan fingerprint density at radius 3 is 2.36 bits per heavy atom. The van der Waals surface area contributed by atoms with Crippen molar-refractivity contribution in [3.8, 4) is 0 Å². The summed E-state index contributed by atoms with van der Waals surface area (Å²) in [6.07, 6.45) is 2.35. The third-order valence-corrected chi connectivity index (χ3v) is 2.81. The molecule has 1 aliphatic heterocycles. The van der Waals surface area contributed by atoms with E-state index in [1.807, 2.05) is 0 Å². The summed E-state index contributed by atoms with van der Waals surface area (Å²) in [5.74, 6) is 0. The number of rotatable bonds is 2. The van der Waals surface area contributed by atoms with Crippen LogP contribution in [-0.4, -0.2) is 18.0 Å². The van der Waals surface area contributed by atoms with Crippen LogP contribution in [0.15, 0.2) is 42.5 Å². The van der Waals surface area contributed by atoms with Crippen molar-refractivity contribution >= 4 is 0 Å². The van der Waals surface area contributed by atoms with E-state index in [-0.39, 0.29) is 0 Å². The number of benzene rings is 1. The van der Waals surface area contributed by atoms with Crippen LogP contribution < -0.4 is 0 Å². The lowest BCUT2D eigenvalue weighted by Gasteiger charge is -2.27. The number of hydrogen-bond donors (Lipinski definition) is 0. The molecule has 2 rings (SSSR count). The molecule has 74 valence electrons. The smallest absolute Gasteiger partial charge is 0.0233 e. The zero-order valence-corrected chi connectivity index (χ0v) is 8.58. The average Bonchev–Trinajstić information content (AvgIpc) is 2.23. The summed E-state index contributed by atoms with van der Waals surface area (Å²) in [6.45, 7) is 7.47. The molecule has 1 aliphatic rings. The van der Waals surface area contributed by atoms with Gasteiger partial charge in [0.1, 0.15) is 0 Å². The second-order valence-electron chi connectivity index (χ2n) is 4.01. The summed E-state index contributed by atoms with van der Waals surface area (Å²) in [4.78, 5) is 2.50. The van der Waals surface area contributed by atoms with Gasteiger partial charge in [0.25, 0.3) is 0 Å². The van der Waals surface area contributed by atoms with Gasteiger partial charge in [0.2, 0.25) is 0 Å². The highest BCUT2D eigenvalue weighted by atomic mass is 15.1. The normalized spacial score (nSPS) is 18.4. The van der Waals surface area contributed by atoms with Crippen LogP contribution in [0.4, 0.5) is 0 Å². The fourth-order valence-corrected chi connectivity index (χ4v) is 1.87. The molecule has 1 aromatic carbocycles. The van der Waals surface area contributed by atoms with Gasteiger partial charge in [0.05, 0.1) is 0 Å². The molecular weight excluding hydrogens is 170 g/mol. The van der Waals surface area contributed by atoms with E-state index in [9.17, 15) is 0 Å². The monoisotopic (exact) mass is 187 g/mol. The summed E-state index contributed by atoms with van der Waals surface area (Å²) in [5, 5.41) is 0. The van der Waals surface area contributed by atoms with E-state index in [0.29, 0.717) is 0 Å². The summed E-state index contributed by atoms with van der Waals surface area (Å²) in [7, 11) is 0. The van der Waals surface area contributed by atoms with Gasteiger partial charge >= 0.3 is 0 Å². The van der Waals surface area contributed by atoms with E-state index in [0.717, 1.165) is 6.54 Å². The molecule has 0 aliphatic carbocycles. The summed E-state index contributed by atoms with van der Waals surface area (Å²) < 4.78 is 0. The minimum Gasteiger partial charge on any atom is -0.298 e. The highest BCUT2D eigenvalue weighted by molar-refractivity contribution is 5.14. The molecule has 0 aromatic heterocycles. The third-order valence-electron chi connectivity index (χ3n) is 2.81. The molecule has 14 heavy (non-hydrogen) atoms. The van der Waals surface area contributed by atoms with E-state index >= 15 is 0 Å². The highest BCUT2D eigenvalue weighted by Gasteiger charge is 2.11. The Balaban J connectivity index is 1.89. The van der Waals surface area contributed by atoms with Gasteiger partial charge in [0.15, 0.2) is 0 Å². The molecule has 1 heteroatoms. The molecule has 0 unspecified atom stereocenters. The summed E-state index contributed by atoms with van der Waals surface area (Å²) >= 11 is 0. The Labute approximate surface area is 86.1 Å². The van der Waals surface area contributed by atoms with Crippen LogP contribution in [-0.2, 0) is 6.54 Å². The van der Waals surface area contributed by atoms with Gasteiger partial charge in [-0.1, -0.05) is 42.5 Å². The number of piperidine rings is 1. The maximum absolute atomic E-state index is 4.03. The molecular formula is C13H17N. The lowest BCUT2D eigenvalue weighted by molar-refractivity contribution is 0.248. The van der Waals surface area contributed by atoms with Crippen LogP contribution in [0.25, 0.3) is 0 Å². The summed E-state index contributed by atoms with van der Waals surface area (Å²) in [5.41, 5.74) is 2.83. The molecule has 0 N–H and O–H groups in total. The lowest BCUT2D eigenvalue weighted by atomic mass is 10.1. The first kappa shape index (κ1) is 9.47. The van der Waals surface area contributed by atoms with Crippen molar-refractivity contribution in [2.45, 2.75) is 19.4 Å². The SMILES string of the molecule is C=C1CCN(Cc2ccccc2)CC1. The van der Waals surface area contributed by atoms with Crippen molar-refractivity contribution in [1.82, 2.24) is 4.90 Å². The van der Waals surface area contributed by atoms with E-state index in [2.05, 4.69) is 41.8 Å². The van der Waals surface area contributed by atoms with E-state index in [1.165, 1.54) is 37.1 Å². The molecule has 0 spiro atoms. The third kappa shape index (κ3) is 2.46. The van der Waals surface area contributed by atoms with Crippen LogP contribution in [0.2, 0.25) is 0 Å². The summed E-state index contributed by atoms with van der Waals surface area (Å²) in [6, 6.07) is 10.7. The molecule has 1 aromatic rings. The molecule has 0 amide bonds. The Kier molecular flexibility index (Phi) is 3.00. The number of likely N-dealkylation sites (tertiary alicyclic amines) is 1. The second-order valence-corrected chi connectivity index (χ2v) is 4.01. The first-order valence-electron chi connectivity index (χ1n) is 5.27. The van der Waals surface area contributed by atoms with Crippen LogP contribution >= 0.6 is 0 Å². The van der Waals surface area contributed by atoms with Gasteiger partial charge in [-0.3, -0.25) is 4.90 Å². The molecule has 1 fully saturated rings. The van der Waals surface area contributed by atoms with Crippen LogP contribution in [0.5, 0.6) is 0 Å². The Hall–Kier alpha value is -1.08. The predicted molar refractivity (Wildman–Crippen MR) is 60.1 cm³/mol. The van der Waals surface area contributed by atoms with Crippen molar-refractivity contribution < 1.29 is 0 Å². The minimum absolute atomic E-state index is 1.09. The van der Waals surface area contributed by atoms with E-state index < -0.39 is 0 Å². The number of nitrogens with zero attached hydrogens (tertiary/aromatic N) is 1. The zero-order valence-electron chi connectivity index (χ0n) is 8.58. The molecule has 0 atom stereocenters. The van der Waals surface area contributed by atoms with Crippen LogP contribution in [0.3, 0.4) is 0 Å². The molecule has 0 bridgehead atoms. The van der Waals surface area contributed by atoms with Gasteiger partial charge in [-0.05, 0) is 18.4 Å². The predicted octanol–water partition coefficient (Wildman–Crippen LogP) is 2.84. The first-order valence-corrected chi connectivity index (χ1v) is 5.27. The van der Waals surface area contributed by atoms with Gasteiger partial charge in [-0.2, -0.15) is 0 Å². The van der Waals surface area contributed by atoms with Crippen molar-refractivity contribution in [2.24, 2.45) is 0 Å². The zero-order chi connectivity index (χ0) is 9.80. The Morgan fingerprint density at radius 1 is 1.07 bits per heavy atom. The van der Waals surface area contributed by atoms with Gasteiger partial charge in [-0.25, -0.2) is 0 Å². The maximum atomic E-state index is 4.03.